The highest BCUT2D eigenvalue weighted by atomic mass is 16.3. The maximum absolute atomic E-state index is 9.19. The standard InChI is InChI=1S/C9H10O.C2H6/c1-2-5-8-6-3-4-7-9(8)10;1-2/h2-4,6-7,10H,1,5H2;1-2H3. The van der Waals surface area contributed by atoms with Crippen LogP contribution in [0.1, 0.15) is 19.4 Å². The fourth-order valence-corrected chi connectivity index (χ4v) is 0.839. The number of phenols is 1. The summed E-state index contributed by atoms with van der Waals surface area (Å²) < 4.78 is 0. The fourth-order valence-electron chi connectivity index (χ4n) is 0.839. The van der Waals surface area contributed by atoms with Gasteiger partial charge in [0.15, 0.2) is 0 Å². The van der Waals surface area contributed by atoms with E-state index in [0.717, 1.165) is 12.0 Å². The second-order valence-corrected chi connectivity index (χ2v) is 2.12. The third-order valence-electron chi connectivity index (χ3n) is 1.36. The van der Waals surface area contributed by atoms with Gasteiger partial charge in [-0.05, 0) is 18.1 Å². The molecule has 12 heavy (non-hydrogen) atoms. The maximum Gasteiger partial charge on any atom is 0.119 e. The second kappa shape index (κ2) is 6.47. The molecule has 0 aliphatic heterocycles. The number of hydrogen-bond donors (Lipinski definition) is 1. The zero-order chi connectivity index (χ0) is 9.40. The van der Waals surface area contributed by atoms with E-state index in [1.807, 2.05) is 32.0 Å². The molecule has 66 valence electrons. The molecule has 1 heteroatoms. The molecule has 1 N–H and O–H groups in total. The molecule has 1 rings (SSSR count). The SMILES string of the molecule is C=CCc1ccccc1O.CC. The first-order valence-electron chi connectivity index (χ1n) is 4.22. The van der Waals surface area contributed by atoms with Gasteiger partial charge in [0.25, 0.3) is 0 Å². The van der Waals surface area contributed by atoms with Crippen molar-refractivity contribution in [3.05, 3.63) is 42.5 Å². The second-order valence-electron chi connectivity index (χ2n) is 2.12. The highest BCUT2D eigenvalue weighted by Gasteiger charge is 1.93. The van der Waals surface area contributed by atoms with Crippen molar-refractivity contribution in [2.75, 3.05) is 0 Å². The number of rotatable bonds is 2. The molecule has 0 saturated heterocycles. The molecular weight excluding hydrogens is 148 g/mol. The summed E-state index contributed by atoms with van der Waals surface area (Å²) in [7, 11) is 0. The maximum atomic E-state index is 9.19. The number of benzene rings is 1. The predicted octanol–water partition coefficient (Wildman–Crippen LogP) is 3.15. The Bertz CT molecular complexity index is 228. The minimum Gasteiger partial charge on any atom is -0.508 e. The molecule has 0 fully saturated rings. The third kappa shape index (κ3) is 3.24. The Hall–Kier alpha value is -1.24. The van der Waals surface area contributed by atoms with E-state index >= 15 is 0 Å². The summed E-state index contributed by atoms with van der Waals surface area (Å²) in [5.74, 6) is 0.349. The smallest absolute Gasteiger partial charge is 0.119 e. The molecule has 0 aromatic heterocycles. The van der Waals surface area contributed by atoms with Crippen LogP contribution in [-0.2, 0) is 6.42 Å². The lowest BCUT2D eigenvalue weighted by molar-refractivity contribution is 0.470. The average Bonchev–Trinajstić information content (AvgIpc) is 2.13. The van der Waals surface area contributed by atoms with Crippen LogP contribution < -0.4 is 0 Å². The fraction of sp³-hybridized carbons (Fsp3) is 0.273. The summed E-state index contributed by atoms with van der Waals surface area (Å²) in [5.41, 5.74) is 0.928. The summed E-state index contributed by atoms with van der Waals surface area (Å²) in [6, 6.07) is 7.27. The number of phenolic OH excluding ortho intramolecular Hbond substituents is 1. The van der Waals surface area contributed by atoms with Gasteiger partial charge in [-0.1, -0.05) is 38.1 Å². The van der Waals surface area contributed by atoms with E-state index in [-0.39, 0.29) is 0 Å². The Kier molecular flexibility index (Phi) is 5.80. The van der Waals surface area contributed by atoms with Crippen LogP contribution in [-0.4, -0.2) is 5.11 Å². The third-order valence-corrected chi connectivity index (χ3v) is 1.36. The normalized spacial score (nSPS) is 8.17. The molecule has 1 nitrogen and oxygen atoms in total. The molecule has 0 unspecified atom stereocenters. The van der Waals surface area contributed by atoms with Gasteiger partial charge >= 0.3 is 0 Å². The summed E-state index contributed by atoms with van der Waals surface area (Å²) >= 11 is 0. The van der Waals surface area contributed by atoms with E-state index in [1.165, 1.54) is 0 Å². The number of hydrogen-bond acceptors (Lipinski definition) is 1. The van der Waals surface area contributed by atoms with Gasteiger partial charge in [-0.2, -0.15) is 0 Å². The summed E-state index contributed by atoms with van der Waals surface area (Å²) in [4.78, 5) is 0. The first kappa shape index (κ1) is 10.8. The molecule has 0 aliphatic carbocycles. The van der Waals surface area contributed by atoms with Gasteiger partial charge in [-0.15, -0.1) is 6.58 Å². The molecular formula is C11H16O. The van der Waals surface area contributed by atoms with Crippen LogP contribution in [0.2, 0.25) is 0 Å². The molecule has 0 atom stereocenters. The van der Waals surface area contributed by atoms with Gasteiger partial charge < -0.3 is 5.11 Å². The number of para-hydroxylation sites is 1. The molecule has 0 radical (unpaired) electrons. The zero-order valence-electron chi connectivity index (χ0n) is 7.75. The molecule has 0 aliphatic rings. The quantitative estimate of drug-likeness (QED) is 0.666. The average molecular weight is 164 g/mol. The van der Waals surface area contributed by atoms with Crippen molar-refractivity contribution in [2.24, 2.45) is 0 Å². The first-order valence-corrected chi connectivity index (χ1v) is 4.22. The molecule has 1 aromatic rings. The summed E-state index contributed by atoms with van der Waals surface area (Å²) in [5, 5.41) is 9.19. The summed E-state index contributed by atoms with van der Waals surface area (Å²) in [6.07, 6.45) is 2.50. The van der Waals surface area contributed by atoms with Crippen molar-refractivity contribution >= 4 is 0 Å². The van der Waals surface area contributed by atoms with Crippen molar-refractivity contribution in [1.82, 2.24) is 0 Å². The Morgan fingerprint density at radius 1 is 1.33 bits per heavy atom. The highest BCUT2D eigenvalue weighted by Crippen LogP contribution is 2.15. The van der Waals surface area contributed by atoms with Gasteiger partial charge in [0.2, 0.25) is 0 Å². The van der Waals surface area contributed by atoms with Gasteiger partial charge in [-0.3, -0.25) is 0 Å². The largest absolute Gasteiger partial charge is 0.508 e. The van der Waals surface area contributed by atoms with Crippen LogP contribution in [0.4, 0.5) is 0 Å². The van der Waals surface area contributed by atoms with E-state index < -0.39 is 0 Å². The van der Waals surface area contributed by atoms with Crippen molar-refractivity contribution in [3.8, 4) is 5.75 Å². The highest BCUT2D eigenvalue weighted by molar-refractivity contribution is 5.32. The van der Waals surface area contributed by atoms with Crippen molar-refractivity contribution < 1.29 is 5.11 Å². The van der Waals surface area contributed by atoms with Gasteiger partial charge in [0.05, 0.1) is 0 Å². The molecule has 0 saturated carbocycles. The topological polar surface area (TPSA) is 20.2 Å². The lowest BCUT2D eigenvalue weighted by Gasteiger charge is -1.97. The first-order chi connectivity index (χ1) is 5.84. The Labute approximate surface area is 74.4 Å². The van der Waals surface area contributed by atoms with Crippen LogP contribution in [0.25, 0.3) is 0 Å². The number of allylic oxidation sites excluding steroid dienone is 1. The van der Waals surface area contributed by atoms with E-state index in [2.05, 4.69) is 6.58 Å². The van der Waals surface area contributed by atoms with E-state index in [1.54, 1.807) is 12.1 Å². The van der Waals surface area contributed by atoms with Gasteiger partial charge in [-0.25, -0.2) is 0 Å². The van der Waals surface area contributed by atoms with E-state index in [0.29, 0.717) is 5.75 Å². The zero-order valence-corrected chi connectivity index (χ0v) is 7.75. The monoisotopic (exact) mass is 164 g/mol. The minimum absolute atomic E-state index is 0.349. The molecule has 0 bridgehead atoms. The van der Waals surface area contributed by atoms with Gasteiger partial charge in [0, 0.05) is 0 Å². The molecule has 1 aromatic carbocycles. The van der Waals surface area contributed by atoms with Crippen molar-refractivity contribution in [3.63, 3.8) is 0 Å². The molecule has 0 spiro atoms. The lowest BCUT2D eigenvalue weighted by Crippen LogP contribution is -1.79. The lowest BCUT2D eigenvalue weighted by atomic mass is 10.1. The van der Waals surface area contributed by atoms with Crippen LogP contribution in [0, 0.1) is 0 Å². The van der Waals surface area contributed by atoms with Crippen molar-refractivity contribution in [2.45, 2.75) is 20.3 Å². The minimum atomic E-state index is 0.349. The Balaban J connectivity index is 0.000000561. The Morgan fingerprint density at radius 3 is 2.42 bits per heavy atom. The van der Waals surface area contributed by atoms with Crippen LogP contribution in [0.15, 0.2) is 36.9 Å². The Morgan fingerprint density at radius 2 is 1.92 bits per heavy atom. The molecule has 0 heterocycles. The predicted molar refractivity (Wildman–Crippen MR) is 53.4 cm³/mol. The van der Waals surface area contributed by atoms with E-state index in [9.17, 15) is 5.11 Å². The van der Waals surface area contributed by atoms with Gasteiger partial charge in [0.1, 0.15) is 5.75 Å². The van der Waals surface area contributed by atoms with Crippen LogP contribution in [0.5, 0.6) is 5.75 Å². The van der Waals surface area contributed by atoms with Crippen molar-refractivity contribution in [1.29, 1.82) is 0 Å². The van der Waals surface area contributed by atoms with Crippen LogP contribution in [0.3, 0.4) is 0 Å². The molecule has 0 amide bonds. The van der Waals surface area contributed by atoms with E-state index in [4.69, 9.17) is 0 Å². The van der Waals surface area contributed by atoms with Crippen LogP contribution >= 0.6 is 0 Å². The number of aromatic hydroxyl groups is 1. The summed E-state index contributed by atoms with van der Waals surface area (Å²) in [6.45, 7) is 7.59.